The lowest BCUT2D eigenvalue weighted by atomic mass is 10.3. The third kappa shape index (κ3) is 4.84. The molecule has 2 heterocycles. The van der Waals surface area contributed by atoms with Gasteiger partial charge in [0.25, 0.3) is 0 Å². The van der Waals surface area contributed by atoms with E-state index in [0.717, 1.165) is 36.8 Å². The fourth-order valence-corrected chi connectivity index (χ4v) is 1.90. The number of imidazole rings is 1. The second kappa shape index (κ2) is 8.39. The van der Waals surface area contributed by atoms with Crippen molar-refractivity contribution in [1.29, 1.82) is 0 Å². The number of hydrogen-bond acceptors (Lipinski definition) is 5. The van der Waals surface area contributed by atoms with E-state index in [1.165, 1.54) is 0 Å². The molecule has 0 aliphatic rings. The first kappa shape index (κ1) is 15.5. The third-order valence-electron chi connectivity index (χ3n) is 3.11. The van der Waals surface area contributed by atoms with E-state index in [-0.39, 0.29) is 0 Å². The van der Waals surface area contributed by atoms with Crippen LogP contribution in [0.2, 0.25) is 0 Å². The van der Waals surface area contributed by atoms with Crippen molar-refractivity contribution in [3.63, 3.8) is 0 Å². The summed E-state index contributed by atoms with van der Waals surface area (Å²) in [6.07, 6.45) is 5.39. The lowest BCUT2D eigenvalue weighted by Crippen LogP contribution is -2.19. The summed E-state index contributed by atoms with van der Waals surface area (Å²) in [6.45, 7) is 5.72. The van der Waals surface area contributed by atoms with E-state index in [1.807, 2.05) is 24.7 Å². The number of aromatic nitrogens is 3. The highest BCUT2D eigenvalue weighted by molar-refractivity contribution is 5.20. The van der Waals surface area contributed by atoms with Gasteiger partial charge in [0.15, 0.2) is 0 Å². The number of methoxy groups -OCH3 is 1. The summed E-state index contributed by atoms with van der Waals surface area (Å²) in [4.78, 5) is 8.49. The molecule has 0 saturated heterocycles. The number of nitrogens with one attached hydrogen (secondary N) is 1. The monoisotopic (exact) mass is 290 g/mol. The summed E-state index contributed by atoms with van der Waals surface area (Å²) >= 11 is 0. The molecule has 6 nitrogen and oxygen atoms in total. The average Bonchev–Trinajstić information content (AvgIpc) is 2.98. The molecule has 0 fully saturated rings. The lowest BCUT2D eigenvalue weighted by molar-refractivity contribution is 0.199. The quantitative estimate of drug-likeness (QED) is 0.711. The summed E-state index contributed by atoms with van der Waals surface area (Å²) in [7, 11) is 1.69. The normalized spacial score (nSPS) is 10.8. The number of aryl methyl sites for hydroxylation is 1. The topological polar surface area (TPSA) is 61.2 Å². The molecule has 2 rings (SSSR count). The molecule has 0 atom stereocenters. The fourth-order valence-electron chi connectivity index (χ4n) is 1.90. The highest BCUT2D eigenvalue weighted by Gasteiger charge is 2.02. The Balaban J connectivity index is 1.79. The molecule has 1 N–H and O–H groups in total. The van der Waals surface area contributed by atoms with Gasteiger partial charge >= 0.3 is 0 Å². The molecule has 2 aromatic heterocycles. The van der Waals surface area contributed by atoms with Gasteiger partial charge < -0.3 is 19.4 Å². The predicted octanol–water partition coefficient (Wildman–Crippen LogP) is 1.61. The van der Waals surface area contributed by atoms with Gasteiger partial charge in [0.2, 0.25) is 0 Å². The summed E-state index contributed by atoms with van der Waals surface area (Å²) in [6, 6.07) is 3.90. The van der Waals surface area contributed by atoms with Crippen LogP contribution in [0.1, 0.15) is 18.3 Å². The molecule has 0 aliphatic carbocycles. The Hall–Kier alpha value is -1.92. The Morgan fingerprint density at radius 1 is 1.29 bits per heavy atom. The maximum absolute atomic E-state index is 5.73. The van der Waals surface area contributed by atoms with Crippen LogP contribution in [0.15, 0.2) is 30.9 Å². The third-order valence-corrected chi connectivity index (χ3v) is 3.11. The van der Waals surface area contributed by atoms with Crippen molar-refractivity contribution in [2.45, 2.75) is 26.6 Å². The number of hydrogen-bond donors (Lipinski definition) is 1. The molecular formula is C15H22N4O2. The molecule has 0 amide bonds. The SMILES string of the molecule is CCn1cncc1COc1ccc(CNCCOC)nc1. The zero-order valence-electron chi connectivity index (χ0n) is 12.6. The van der Waals surface area contributed by atoms with E-state index < -0.39 is 0 Å². The Morgan fingerprint density at radius 2 is 2.19 bits per heavy atom. The van der Waals surface area contributed by atoms with Crippen molar-refractivity contribution >= 4 is 0 Å². The first-order chi connectivity index (χ1) is 10.3. The number of nitrogens with zero attached hydrogens (tertiary/aromatic N) is 3. The van der Waals surface area contributed by atoms with Crippen molar-refractivity contribution in [3.05, 3.63) is 42.2 Å². The van der Waals surface area contributed by atoms with Gasteiger partial charge in [0.1, 0.15) is 12.4 Å². The van der Waals surface area contributed by atoms with E-state index in [0.29, 0.717) is 13.2 Å². The standard InChI is InChI=1S/C15H22N4O2/c1-3-19-12-17-9-14(19)11-21-15-5-4-13(18-10-15)8-16-6-7-20-2/h4-5,9-10,12,16H,3,6-8,11H2,1-2H3. The number of pyridine rings is 1. The summed E-state index contributed by atoms with van der Waals surface area (Å²) < 4.78 is 12.8. The van der Waals surface area contributed by atoms with Gasteiger partial charge in [-0.3, -0.25) is 4.98 Å². The molecule has 0 aromatic carbocycles. The van der Waals surface area contributed by atoms with Gasteiger partial charge in [-0.15, -0.1) is 0 Å². The molecule has 21 heavy (non-hydrogen) atoms. The fraction of sp³-hybridized carbons (Fsp3) is 0.467. The lowest BCUT2D eigenvalue weighted by Gasteiger charge is -2.08. The van der Waals surface area contributed by atoms with Crippen molar-refractivity contribution in [2.24, 2.45) is 0 Å². The minimum atomic E-state index is 0.501. The number of ether oxygens (including phenoxy) is 2. The molecule has 6 heteroatoms. The van der Waals surface area contributed by atoms with Gasteiger partial charge in [-0.2, -0.15) is 0 Å². The zero-order chi connectivity index (χ0) is 14.9. The van der Waals surface area contributed by atoms with Crippen LogP contribution in [0, 0.1) is 0 Å². The second-order valence-electron chi connectivity index (χ2n) is 4.61. The van der Waals surface area contributed by atoms with Crippen LogP contribution in [0.25, 0.3) is 0 Å². The van der Waals surface area contributed by atoms with Crippen LogP contribution in [0.5, 0.6) is 5.75 Å². The molecular weight excluding hydrogens is 268 g/mol. The van der Waals surface area contributed by atoms with Crippen molar-refractivity contribution < 1.29 is 9.47 Å². The van der Waals surface area contributed by atoms with Gasteiger partial charge in [0.05, 0.1) is 36.7 Å². The van der Waals surface area contributed by atoms with Crippen LogP contribution >= 0.6 is 0 Å². The predicted molar refractivity (Wildman–Crippen MR) is 80.1 cm³/mol. The first-order valence-corrected chi connectivity index (χ1v) is 7.10. The molecule has 0 unspecified atom stereocenters. The summed E-state index contributed by atoms with van der Waals surface area (Å²) in [5.74, 6) is 0.763. The van der Waals surface area contributed by atoms with Crippen LogP contribution in [0.4, 0.5) is 0 Å². The van der Waals surface area contributed by atoms with Crippen LogP contribution in [0.3, 0.4) is 0 Å². The molecule has 0 bridgehead atoms. The van der Waals surface area contributed by atoms with Crippen LogP contribution in [-0.4, -0.2) is 34.8 Å². The van der Waals surface area contributed by atoms with E-state index >= 15 is 0 Å². The Bertz CT molecular complexity index is 525. The maximum Gasteiger partial charge on any atom is 0.138 e. The Labute approximate surface area is 125 Å². The minimum Gasteiger partial charge on any atom is -0.486 e. The maximum atomic E-state index is 5.73. The Kier molecular flexibility index (Phi) is 6.18. The average molecular weight is 290 g/mol. The molecule has 114 valence electrons. The molecule has 0 radical (unpaired) electrons. The van der Waals surface area contributed by atoms with Crippen LogP contribution in [-0.2, 0) is 24.4 Å². The van der Waals surface area contributed by atoms with Crippen LogP contribution < -0.4 is 10.1 Å². The first-order valence-electron chi connectivity index (χ1n) is 7.10. The van der Waals surface area contributed by atoms with Crippen molar-refractivity contribution in [1.82, 2.24) is 19.9 Å². The molecule has 0 spiro atoms. The second-order valence-corrected chi connectivity index (χ2v) is 4.61. The summed E-state index contributed by atoms with van der Waals surface area (Å²) in [5, 5.41) is 3.25. The molecule has 2 aromatic rings. The van der Waals surface area contributed by atoms with E-state index in [2.05, 4.69) is 26.8 Å². The Morgan fingerprint density at radius 3 is 2.90 bits per heavy atom. The smallest absolute Gasteiger partial charge is 0.138 e. The number of rotatable bonds is 9. The highest BCUT2D eigenvalue weighted by Crippen LogP contribution is 2.12. The van der Waals surface area contributed by atoms with Gasteiger partial charge in [-0.1, -0.05) is 0 Å². The highest BCUT2D eigenvalue weighted by atomic mass is 16.5. The van der Waals surface area contributed by atoms with Crippen molar-refractivity contribution in [3.8, 4) is 5.75 Å². The minimum absolute atomic E-state index is 0.501. The van der Waals surface area contributed by atoms with E-state index in [9.17, 15) is 0 Å². The van der Waals surface area contributed by atoms with E-state index in [4.69, 9.17) is 9.47 Å². The zero-order valence-corrected chi connectivity index (χ0v) is 12.6. The largest absolute Gasteiger partial charge is 0.486 e. The molecule has 0 aliphatic heterocycles. The van der Waals surface area contributed by atoms with Gasteiger partial charge in [-0.05, 0) is 19.1 Å². The molecule has 0 saturated carbocycles. The van der Waals surface area contributed by atoms with Gasteiger partial charge in [-0.25, -0.2) is 4.98 Å². The van der Waals surface area contributed by atoms with E-state index in [1.54, 1.807) is 13.3 Å². The summed E-state index contributed by atoms with van der Waals surface area (Å²) in [5.41, 5.74) is 2.04. The van der Waals surface area contributed by atoms with Crippen molar-refractivity contribution in [2.75, 3.05) is 20.3 Å². The van der Waals surface area contributed by atoms with Gasteiger partial charge in [0, 0.05) is 26.7 Å².